The first kappa shape index (κ1) is 14.4. The van der Waals surface area contributed by atoms with E-state index in [1.165, 1.54) is 0 Å². The Balaban J connectivity index is 1.75. The summed E-state index contributed by atoms with van der Waals surface area (Å²) in [5, 5.41) is 3.43. The number of benzene rings is 2. The molecule has 0 atom stereocenters. The molecule has 0 spiro atoms. The van der Waals surface area contributed by atoms with Crippen molar-refractivity contribution in [3.63, 3.8) is 0 Å². The van der Waals surface area contributed by atoms with Crippen LogP contribution in [0.25, 0.3) is 0 Å². The van der Waals surface area contributed by atoms with Crippen molar-refractivity contribution in [2.75, 3.05) is 23.7 Å². The minimum Gasteiger partial charge on any atom is -0.454 e. The zero-order valence-corrected chi connectivity index (χ0v) is 13.5. The van der Waals surface area contributed by atoms with Crippen LogP contribution in [0.2, 0.25) is 0 Å². The van der Waals surface area contributed by atoms with Crippen LogP contribution >= 0.6 is 0 Å². The number of allylic oxidation sites excluding steroid dienone is 1. The maximum atomic E-state index is 13.1. The summed E-state index contributed by atoms with van der Waals surface area (Å²) in [4.78, 5) is 14.7. The number of hydrogen-bond acceptors (Lipinski definition) is 4. The maximum Gasteiger partial charge on any atom is 0.352 e. The van der Waals surface area contributed by atoms with E-state index in [9.17, 15) is 4.79 Å². The number of rotatable bonds is 2. The number of carbonyl (C=O) groups excluding carboxylic acids is 1. The van der Waals surface area contributed by atoms with Crippen LogP contribution in [-0.4, -0.2) is 24.9 Å². The molecule has 24 heavy (non-hydrogen) atoms. The van der Waals surface area contributed by atoms with Crippen LogP contribution in [0.3, 0.4) is 0 Å². The van der Waals surface area contributed by atoms with E-state index in [-0.39, 0.29) is 12.8 Å². The summed E-state index contributed by atoms with van der Waals surface area (Å²) < 4.78 is 10.8. The molecule has 0 saturated carbocycles. The van der Waals surface area contributed by atoms with Gasteiger partial charge < -0.3 is 9.47 Å². The van der Waals surface area contributed by atoms with Crippen molar-refractivity contribution in [2.45, 2.75) is 6.92 Å². The van der Waals surface area contributed by atoms with E-state index in [1.54, 1.807) is 9.91 Å². The fourth-order valence-electron chi connectivity index (χ4n) is 2.79. The number of ether oxygens (including phenoxy) is 2. The molecule has 2 aromatic carbocycles. The fraction of sp³-hybridized carbons (Fsp3) is 0.167. The van der Waals surface area contributed by atoms with Gasteiger partial charge in [-0.3, -0.25) is 9.91 Å². The largest absolute Gasteiger partial charge is 0.454 e. The van der Waals surface area contributed by atoms with Crippen molar-refractivity contribution in [1.82, 2.24) is 5.01 Å². The predicted molar refractivity (Wildman–Crippen MR) is 90.9 cm³/mol. The molecular weight excluding hydrogens is 306 g/mol. The normalized spacial score (nSPS) is 16.5. The van der Waals surface area contributed by atoms with Gasteiger partial charge in [0.2, 0.25) is 6.79 Å². The van der Waals surface area contributed by atoms with Crippen molar-refractivity contribution >= 4 is 17.4 Å². The summed E-state index contributed by atoms with van der Waals surface area (Å²) in [6, 6.07) is 14.9. The summed E-state index contributed by atoms with van der Waals surface area (Å²) in [6.45, 7) is 2.17. The number of nitrogens with zero attached hydrogens (tertiary/aromatic N) is 3. The third-order valence-corrected chi connectivity index (χ3v) is 4.15. The molecule has 4 rings (SSSR count). The second-order valence-corrected chi connectivity index (χ2v) is 5.63. The first-order valence-electron chi connectivity index (χ1n) is 7.65. The standard InChI is InChI=1S/C18H17N3O3/c1-13-11-20(14-6-4-3-5-7-14)18(22)21(19(13)2)15-8-9-16-17(10-15)24-12-23-16/h3-11H,12H2,1-2H3. The molecule has 0 aliphatic carbocycles. The Morgan fingerprint density at radius 3 is 2.50 bits per heavy atom. The van der Waals surface area contributed by atoms with Gasteiger partial charge in [-0.2, -0.15) is 0 Å². The Morgan fingerprint density at radius 2 is 1.71 bits per heavy atom. The average molecular weight is 323 g/mol. The lowest BCUT2D eigenvalue weighted by molar-refractivity contribution is 0.174. The second kappa shape index (κ2) is 5.49. The lowest BCUT2D eigenvalue weighted by Gasteiger charge is -2.41. The summed E-state index contributed by atoms with van der Waals surface area (Å²) in [5.74, 6) is 1.34. The van der Waals surface area contributed by atoms with Gasteiger partial charge in [-0.1, -0.05) is 18.2 Å². The Hall–Kier alpha value is -3.15. The van der Waals surface area contributed by atoms with Gasteiger partial charge in [0.25, 0.3) is 0 Å². The molecule has 2 heterocycles. The Morgan fingerprint density at radius 1 is 0.958 bits per heavy atom. The lowest BCUT2D eigenvalue weighted by Crippen LogP contribution is -2.53. The molecule has 0 aromatic heterocycles. The van der Waals surface area contributed by atoms with Gasteiger partial charge in [0.1, 0.15) is 0 Å². The highest BCUT2D eigenvalue weighted by molar-refractivity contribution is 6.05. The van der Waals surface area contributed by atoms with Crippen LogP contribution in [0, 0.1) is 0 Å². The van der Waals surface area contributed by atoms with Gasteiger partial charge >= 0.3 is 6.03 Å². The topological polar surface area (TPSA) is 45.3 Å². The molecule has 2 aliphatic rings. The number of anilines is 2. The van der Waals surface area contributed by atoms with Crippen molar-refractivity contribution in [3.05, 3.63) is 60.4 Å². The number of carbonyl (C=O) groups is 1. The molecule has 6 heteroatoms. The summed E-state index contributed by atoms with van der Waals surface area (Å²) in [5.41, 5.74) is 2.48. The van der Waals surface area contributed by atoms with Crippen LogP contribution in [0.15, 0.2) is 60.4 Å². The molecule has 122 valence electrons. The lowest BCUT2D eigenvalue weighted by atomic mass is 10.2. The third-order valence-electron chi connectivity index (χ3n) is 4.15. The third kappa shape index (κ3) is 2.23. The Kier molecular flexibility index (Phi) is 3.30. The van der Waals surface area contributed by atoms with Gasteiger partial charge in [-0.05, 0) is 31.2 Å². The number of urea groups is 1. The Labute approximate surface area is 140 Å². The van der Waals surface area contributed by atoms with Gasteiger partial charge in [-0.25, -0.2) is 9.80 Å². The average Bonchev–Trinajstić information content (AvgIpc) is 3.07. The number of hydrazine groups is 1. The quantitative estimate of drug-likeness (QED) is 0.847. The van der Waals surface area contributed by atoms with E-state index in [0.29, 0.717) is 11.5 Å². The summed E-state index contributed by atoms with van der Waals surface area (Å²) in [7, 11) is 1.86. The highest BCUT2D eigenvalue weighted by atomic mass is 16.7. The van der Waals surface area contributed by atoms with Crippen molar-refractivity contribution in [3.8, 4) is 11.5 Å². The molecule has 0 bridgehead atoms. The van der Waals surface area contributed by atoms with E-state index in [2.05, 4.69) is 0 Å². The van der Waals surface area contributed by atoms with Crippen molar-refractivity contribution < 1.29 is 14.3 Å². The zero-order chi connectivity index (χ0) is 16.7. The predicted octanol–water partition coefficient (Wildman–Crippen LogP) is 3.57. The molecule has 6 nitrogen and oxygen atoms in total. The zero-order valence-electron chi connectivity index (χ0n) is 13.5. The summed E-state index contributed by atoms with van der Waals surface area (Å²) in [6.07, 6.45) is 1.83. The molecule has 0 fully saturated rings. The highest BCUT2D eigenvalue weighted by Crippen LogP contribution is 2.37. The van der Waals surface area contributed by atoms with Gasteiger partial charge in [0.05, 0.1) is 11.4 Å². The second-order valence-electron chi connectivity index (χ2n) is 5.63. The van der Waals surface area contributed by atoms with E-state index < -0.39 is 0 Å². The first-order chi connectivity index (χ1) is 11.6. The van der Waals surface area contributed by atoms with Gasteiger partial charge in [0.15, 0.2) is 11.5 Å². The molecule has 0 radical (unpaired) electrons. The molecular formula is C18H17N3O3. The van der Waals surface area contributed by atoms with E-state index in [0.717, 1.165) is 17.1 Å². The number of hydrogen-bond donors (Lipinski definition) is 0. The van der Waals surface area contributed by atoms with E-state index >= 15 is 0 Å². The molecule has 0 N–H and O–H groups in total. The molecule has 0 saturated heterocycles. The van der Waals surface area contributed by atoms with Crippen LogP contribution in [0.1, 0.15) is 6.92 Å². The maximum absolute atomic E-state index is 13.1. The van der Waals surface area contributed by atoms with Crippen LogP contribution in [0.4, 0.5) is 16.2 Å². The smallest absolute Gasteiger partial charge is 0.352 e. The van der Waals surface area contributed by atoms with Gasteiger partial charge in [0, 0.05) is 25.0 Å². The van der Waals surface area contributed by atoms with Crippen molar-refractivity contribution in [2.24, 2.45) is 0 Å². The van der Waals surface area contributed by atoms with E-state index in [4.69, 9.17) is 9.47 Å². The number of para-hydroxylation sites is 1. The molecule has 2 aromatic rings. The minimum atomic E-state index is -0.159. The number of fused-ring (bicyclic) bond motifs is 1. The van der Waals surface area contributed by atoms with E-state index in [1.807, 2.05) is 73.7 Å². The first-order valence-corrected chi connectivity index (χ1v) is 7.65. The van der Waals surface area contributed by atoms with Gasteiger partial charge in [-0.15, -0.1) is 0 Å². The minimum absolute atomic E-state index is 0.159. The monoisotopic (exact) mass is 323 g/mol. The number of amides is 2. The molecule has 2 aliphatic heterocycles. The van der Waals surface area contributed by atoms with Crippen molar-refractivity contribution in [1.29, 1.82) is 0 Å². The van der Waals surface area contributed by atoms with Crippen LogP contribution in [0.5, 0.6) is 11.5 Å². The molecule has 2 amide bonds. The fourth-order valence-corrected chi connectivity index (χ4v) is 2.79. The SMILES string of the molecule is CC1=CN(c2ccccc2)C(=O)N(c2ccc3c(c2)OCO3)N1C. The summed E-state index contributed by atoms with van der Waals surface area (Å²) >= 11 is 0. The van der Waals surface area contributed by atoms with Crippen LogP contribution < -0.4 is 19.4 Å². The highest BCUT2D eigenvalue weighted by Gasteiger charge is 2.32. The van der Waals surface area contributed by atoms with Crippen LogP contribution in [-0.2, 0) is 0 Å². The molecule has 0 unspecified atom stereocenters. The Bertz CT molecular complexity index is 820.